The van der Waals surface area contributed by atoms with Gasteiger partial charge in [0.05, 0.1) is 11.5 Å². The van der Waals surface area contributed by atoms with Gasteiger partial charge < -0.3 is 5.11 Å². The molecule has 1 aromatic rings. The first-order valence-corrected chi connectivity index (χ1v) is 5.46. The molecule has 0 spiro atoms. The van der Waals surface area contributed by atoms with Crippen LogP contribution in [0.15, 0.2) is 18.2 Å². The predicted octanol–water partition coefficient (Wildman–Crippen LogP) is 2.32. The quantitative estimate of drug-likeness (QED) is 0.629. The molecule has 0 saturated heterocycles. The highest BCUT2D eigenvalue weighted by Gasteiger charge is 2.42. The van der Waals surface area contributed by atoms with Crippen molar-refractivity contribution in [3.63, 3.8) is 0 Å². The summed E-state index contributed by atoms with van der Waals surface area (Å²) in [7, 11) is 0. The highest BCUT2D eigenvalue weighted by molar-refractivity contribution is 5.52. The molecule has 1 aliphatic rings. The number of hydrogen-bond donors (Lipinski definition) is 1. The molecule has 1 aliphatic carbocycles. The van der Waals surface area contributed by atoms with Crippen molar-refractivity contribution in [2.24, 2.45) is 0 Å². The maximum absolute atomic E-state index is 11.1. The van der Waals surface area contributed by atoms with E-state index in [1.54, 1.807) is 19.1 Å². The monoisotopic (exact) mass is 221 g/mol. The average molecular weight is 221 g/mol. The Kier molecular flexibility index (Phi) is 2.68. The van der Waals surface area contributed by atoms with Gasteiger partial charge in [0.1, 0.15) is 0 Å². The lowest BCUT2D eigenvalue weighted by molar-refractivity contribution is -0.386. The van der Waals surface area contributed by atoms with Gasteiger partial charge in [-0.15, -0.1) is 0 Å². The van der Waals surface area contributed by atoms with Gasteiger partial charge in [-0.05, 0) is 19.8 Å². The molecule has 0 atom stereocenters. The van der Waals surface area contributed by atoms with E-state index in [2.05, 4.69) is 0 Å². The van der Waals surface area contributed by atoms with Gasteiger partial charge in [-0.3, -0.25) is 10.1 Å². The van der Waals surface area contributed by atoms with Crippen LogP contribution in [0.3, 0.4) is 0 Å². The molecule has 0 heterocycles. The van der Waals surface area contributed by atoms with Crippen LogP contribution in [-0.2, 0) is 5.41 Å². The highest BCUT2D eigenvalue weighted by atomic mass is 16.6. The van der Waals surface area contributed by atoms with Crippen LogP contribution in [0.4, 0.5) is 5.69 Å². The number of aliphatic hydroxyl groups excluding tert-OH is 1. The van der Waals surface area contributed by atoms with Crippen LogP contribution in [0.1, 0.15) is 30.4 Å². The highest BCUT2D eigenvalue weighted by Crippen LogP contribution is 2.47. The summed E-state index contributed by atoms with van der Waals surface area (Å²) in [4.78, 5) is 10.7. The Bertz CT molecular complexity index is 419. The van der Waals surface area contributed by atoms with Crippen LogP contribution < -0.4 is 0 Å². The first-order valence-electron chi connectivity index (χ1n) is 5.46. The summed E-state index contributed by atoms with van der Waals surface area (Å²) in [6, 6.07) is 5.35. The number of nitro groups is 1. The number of aliphatic hydroxyl groups is 1. The predicted molar refractivity (Wildman–Crippen MR) is 60.4 cm³/mol. The van der Waals surface area contributed by atoms with E-state index in [-0.39, 0.29) is 22.6 Å². The minimum atomic E-state index is -0.367. The van der Waals surface area contributed by atoms with Crippen LogP contribution in [0.2, 0.25) is 0 Å². The molecule has 1 fully saturated rings. The Morgan fingerprint density at radius 2 is 2.19 bits per heavy atom. The third kappa shape index (κ3) is 1.50. The number of rotatable bonds is 3. The molecule has 86 valence electrons. The average Bonchev–Trinajstić information content (AvgIpc) is 2.16. The van der Waals surface area contributed by atoms with Gasteiger partial charge in [0.25, 0.3) is 5.69 Å². The Morgan fingerprint density at radius 3 is 2.62 bits per heavy atom. The summed E-state index contributed by atoms with van der Waals surface area (Å²) in [6.07, 6.45) is 2.72. The Labute approximate surface area is 94.1 Å². The maximum atomic E-state index is 11.1. The zero-order valence-corrected chi connectivity index (χ0v) is 9.27. The second-order valence-electron chi connectivity index (χ2n) is 4.52. The fraction of sp³-hybridized carbons (Fsp3) is 0.500. The number of hydrogen-bond acceptors (Lipinski definition) is 3. The van der Waals surface area contributed by atoms with E-state index in [0.717, 1.165) is 19.3 Å². The number of aryl methyl sites for hydroxylation is 1. The van der Waals surface area contributed by atoms with E-state index in [0.29, 0.717) is 11.1 Å². The molecule has 1 N–H and O–H groups in total. The van der Waals surface area contributed by atoms with Crippen molar-refractivity contribution >= 4 is 5.69 Å². The second kappa shape index (κ2) is 3.87. The second-order valence-corrected chi connectivity index (χ2v) is 4.52. The van der Waals surface area contributed by atoms with Crippen LogP contribution in [0.5, 0.6) is 0 Å². The topological polar surface area (TPSA) is 63.4 Å². The number of nitrogens with zero attached hydrogens (tertiary/aromatic N) is 1. The Balaban J connectivity index is 2.55. The molecule has 0 aliphatic heterocycles. The van der Waals surface area contributed by atoms with Gasteiger partial charge >= 0.3 is 0 Å². The van der Waals surface area contributed by atoms with Crippen molar-refractivity contribution in [1.82, 2.24) is 0 Å². The summed E-state index contributed by atoms with van der Waals surface area (Å²) in [5, 5.41) is 20.5. The SMILES string of the molecule is Cc1cccc(C2(CO)CCC2)c1[N+](=O)[O-]. The minimum Gasteiger partial charge on any atom is -0.395 e. The van der Waals surface area contributed by atoms with Crippen molar-refractivity contribution in [3.8, 4) is 0 Å². The van der Waals surface area contributed by atoms with Crippen LogP contribution in [-0.4, -0.2) is 16.6 Å². The van der Waals surface area contributed by atoms with Gasteiger partial charge in [0.15, 0.2) is 0 Å². The molecule has 0 radical (unpaired) electrons. The van der Waals surface area contributed by atoms with E-state index < -0.39 is 0 Å². The lowest BCUT2D eigenvalue weighted by Gasteiger charge is -2.40. The fourth-order valence-corrected chi connectivity index (χ4v) is 2.45. The summed E-state index contributed by atoms with van der Waals surface area (Å²) < 4.78 is 0. The number of benzene rings is 1. The van der Waals surface area contributed by atoms with Crippen LogP contribution in [0, 0.1) is 17.0 Å². The normalized spacial score (nSPS) is 17.9. The molecule has 0 unspecified atom stereocenters. The third-order valence-electron chi connectivity index (χ3n) is 3.61. The van der Waals surface area contributed by atoms with Crippen molar-refractivity contribution in [3.05, 3.63) is 39.4 Å². The van der Waals surface area contributed by atoms with E-state index in [9.17, 15) is 15.2 Å². The van der Waals surface area contributed by atoms with Crippen molar-refractivity contribution in [2.75, 3.05) is 6.61 Å². The first-order chi connectivity index (χ1) is 7.60. The molecule has 16 heavy (non-hydrogen) atoms. The summed E-state index contributed by atoms with van der Waals surface area (Å²) >= 11 is 0. The molecule has 2 rings (SSSR count). The maximum Gasteiger partial charge on any atom is 0.276 e. The number of para-hydroxylation sites is 1. The third-order valence-corrected chi connectivity index (χ3v) is 3.61. The largest absolute Gasteiger partial charge is 0.395 e. The zero-order valence-electron chi connectivity index (χ0n) is 9.27. The van der Waals surface area contributed by atoms with Crippen LogP contribution in [0.25, 0.3) is 0 Å². The van der Waals surface area contributed by atoms with Crippen LogP contribution >= 0.6 is 0 Å². The lowest BCUT2D eigenvalue weighted by Crippen LogP contribution is -2.38. The molecule has 0 aromatic heterocycles. The van der Waals surface area contributed by atoms with Crippen molar-refractivity contribution < 1.29 is 10.0 Å². The fourth-order valence-electron chi connectivity index (χ4n) is 2.45. The molecule has 1 aromatic carbocycles. The lowest BCUT2D eigenvalue weighted by atomic mass is 9.64. The first kappa shape index (κ1) is 11.1. The standard InChI is InChI=1S/C12H15NO3/c1-9-4-2-5-10(11(9)13(15)16)12(8-14)6-3-7-12/h2,4-5,14H,3,6-8H2,1H3. The van der Waals surface area contributed by atoms with Gasteiger partial charge in [0, 0.05) is 16.5 Å². The summed E-state index contributed by atoms with van der Waals surface area (Å²) in [6.45, 7) is 1.74. The molecular formula is C12H15NO3. The minimum absolute atomic E-state index is 0.00269. The molecule has 0 amide bonds. The van der Waals surface area contributed by atoms with E-state index >= 15 is 0 Å². The molecule has 4 heteroatoms. The molecule has 0 bridgehead atoms. The smallest absolute Gasteiger partial charge is 0.276 e. The molecule has 1 saturated carbocycles. The molecule has 4 nitrogen and oxygen atoms in total. The van der Waals surface area contributed by atoms with Crippen molar-refractivity contribution in [1.29, 1.82) is 0 Å². The molecular weight excluding hydrogens is 206 g/mol. The Hall–Kier alpha value is -1.42. The van der Waals surface area contributed by atoms with Gasteiger partial charge in [-0.2, -0.15) is 0 Å². The number of nitro benzene ring substituents is 1. The summed E-state index contributed by atoms with van der Waals surface area (Å²) in [5.41, 5.74) is 1.18. The Morgan fingerprint density at radius 1 is 1.50 bits per heavy atom. The van der Waals surface area contributed by atoms with Gasteiger partial charge in [-0.25, -0.2) is 0 Å². The van der Waals surface area contributed by atoms with E-state index in [4.69, 9.17) is 0 Å². The van der Waals surface area contributed by atoms with E-state index in [1.165, 1.54) is 0 Å². The summed E-state index contributed by atoms with van der Waals surface area (Å²) in [5.74, 6) is 0. The zero-order chi connectivity index (χ0) is 11.8. The van der Waals surface area contributed by atoms with Gasteiger partial charge in [0.2, 0.25) is 0 Å². The van der Waals surface area contributed by atoms with E-state index in [1.807, 2.05) is 6.07 Å². The van der Waals surface area contributed by atoms with Crippen molar-refractivity contribution in [2.45, 2.75) is 31.6 Å². The van der Waals surface area contributed by atoms with Gasteiger partial charge in [-0.1, -0.05) is 24.6 Å².